The molecule has 1 fully saturated rings. The van der Waals surface area contributed by atoms with E-state index in [9.17, 15) is 4.79 Å². The zero-order valence-corrected chi connectivity index (χ0v) is 12.0. The van der Waals surface area contributed by atoms with Crippen LogP contribution in [0.4, 0.5) is 0 Å². The van der Waals surface area contributed by atoms with E-state index in [0.29, 0.717) is 6.54 Å². The molecular formula is C15H23N3O2. The van der Waals surface area contributed by atoms with Crippen LogP contribution in [-0.2, 0) is 16.0 Å². The number of aromatic nitrogens is 1. The topological polar surface area (TPSA) is 54.5 Å². The van der Waals surface area contributed by atoms with Crippen molar-refractivity contribution in [2.45, 2.75) is 25.4 Å². The van der Waals surface area contributed by atoms with Gasteiger partial charge in [0.25, 0.3) is 0 Å². The molecule has 0 aliphatic carbocycles. The maximum Gasteiger partial charge on any atom is 0.236 e. The summed E-state index contributed by atoms with van der Waals surface area (Å²) in [5, 5.41) is 3.18. The van der Waals surface area contributed by atoms with E-state index in [0.717, 1.165) is 39.0 Å². The van der Waals surface area contributed by atoms with Gasteiger partial charge in [-0.1, -0.05) is 0 Å². The van der Waals surface area contributed by atoms with E-state index in [-0.39, 0.29) is 12.0 Å². The molecule has 5 heteroatoms. The van der Waals surface area contributed by atoms with Gasteiger partial charge < -0.3 is 15.0 Å². The van der Waals surface area contributed by atoms with Crippen LogP contribution in [0.1, 0.15) is 18.4 Å². The van der Waals surface area contributed by atoms with Crippen molar-refractivity contribution in [3.63, 3.8) is 0 Å². The number of pyridine rings is 1. The van der Waals surface area contributed by atoms with Crippen LogP contribution in [0.3, 0.4) is 0 Å². The Morgan fingerprint density at radius 1 is 1.50 bits per heavy atom. The third-order valence-electron chi connectivity index (χ3n) is 3.58. The Morgan fingerprint density at radius 2 is 2.30 bits per heavy atom. The predicted octanol–water partition coefficient (Wildman–Crippen LogP) is 0.851. The lowest BCUT2D eigenvalue weighted by Crippen LogP contribution is -2.39. The van der Waals surface area contributed by atoms with Gasteiger partial charge in [0.1, 0.15) is 0 Å². The minimum absolute atomic E-state index is 0.122. The summed E-state index contributed by atoms with van der Waals surface area (Å²) < 4.78 is 5.51. The summed E-state index contributed by atoms with van der Waals surface area (Å²) in [7, 11) is 1.84. The molecule has 2 heterocycles. The van der Waals surface area contributed by atoms with Crippen LogP contribution in [0, 0.1) is 0 Å². The van der Waals surface area contributed by atoms with Gasteiger partial charge in [-0.05, 0) is 37.0 Å². The minimum atomic E-state index is 0.122. The van der Waals surface area contributed by atoms with Crippen LogP contribution in [0.2, 0.25) is 0 Å². The molecule has 2 rings (SSSR count). The summed E-state index contributed by atoms with van der Waals surface area (Å²) in [6, 6.07) is 3.96. The predicted molar refractivity (Wildman–Crippen MR) is 77.4 cm³/mol. The molecule has 5 nitrogen and oxygen atoms in total. The number of hydrogen-bond acceptors (Lipinski definition) is 4. The highest BCUT2D eigenvalue weighted by atomic mass is 16.5. The molecule has 1 unspecified atom stereocenters. The van der Waals surface area contributed by atoms with E-state index in [1.165, 1.54) is 5.56 Å². The number of nitrogens with zero attached hydrogens (tertiary/aromatic N) is 2. The molecule has 0 saturated carbocycles. The van der Waals surface area contributed by atoms with Gasteiger partial charge in [-0.15, -0.1) is 0 Å². The van der Waals surface area contributed by atoms with Crippen molar-refractivity contribution in [1.29, 1.82) is 0 Å². The molecule has 1 saturated heterocycles. The molecule has 1 atom stereocenters. The van der Waals surface area contributed by atoms with Crippen molar-refractivity contribution < 1.29 is 9.53 Å². The molecule has 110 valence electrons. The molecule has 1 aromatic heterocycles. The number of carbonyl (C=O) groups excluding carboxylic acids is 1. The van der Waals surface area contributed by atoms with Crippen LogP contribution in [0.25, 0.3) is 0 Å². The average Bonchev–Trinajstić information content (AvgIpc) is 2.99. The highest BCUT2D eigenvalue weighted by Gasteiger charge is 2.15. The van der Waals surface area contributed by atoms with Gasteiger partial charge in [0.15, 0.2) is 0 Å². The maximum atomic E-state index is 11.9. The zero-order chi connectivity index (χ0) is 14.2. The van der Waals surface area contributed by atoms with E-state index in [1.54, 1.807) is 17.3 Å². The van der Waals surface area contributed by atoms with Gasteiger partial charge in [0.2, 0.25) is 5.91 Å². The van der Waals surface area contributed by atoms with E-state index in [4.69, 9.17) is 4.74 Å². The molecule has 1 amide bonds. The second kappa shape index (κ2) is 7.97. The fourth-order valence-corrected chi connectivity index (χ4v) is 2.25. The molecule has 0 bridgehead atoms. The lowest BCUT2D eigenvalue weighted by Gasteiger charge is -2.18. The molecule has 0 radical (unpaired) electrons. The first-order valence-electron chi connectivity index (χ1n) is 7.21. The Bertz CT molecular complexity index is 405. The smallest absolute Gasteiger partial charge is 0.236 e. The Balaban J connectivity index is 1.61. The van der Waals surface area contributed by atoms with E-state index >= 15 is 0 Å². The van der Waals surface area contributed by atoms with Crippen LogP contribution in [0.15, 0.2) is 24.5 Å². The lowest BCUT2D eigenvalue weighted by molar-refractivity contribution is -0.129. The van der Waals surface area contributed by atoms with Crippen LogP contribution in [0.5, 0.6) is 0 Å². The van der Waals surface area contributed by atoms with Gasteiger partial charge >= 0.3 is 0 Å². The van der Waals surface area contributed by atoms with E-state index in [1.807, 2.05) is 19.2 Å². The van der Waals surface area contributed by atoms with Gasteiger partial charge in [-0.2, -0.15) is 0 Å². The Hall–Kier alpha value is -1.46. The monoisotopic (exact) mass is 277 g/mol. The van der Waals surface area contributed by atoms with Crippen molar-refractivity contribution in [2.24, 2.45) is 0 Å². The fourth-order valence-electron chi connectivity index (χ4n) is 2.25. The minimum Gasteiger partial charge on any atom is -0.377 e. The molecule has 1 N–H and O–H groups in total. The second-order valence-electron chi connectivity index (χ2n) is 5.19. The molecule has 1 aliphatic rings. The second-order valence-corrected chi connectivity index (χ2v) is 5.19. The fraction of sp³-hybridized carbons (Fsp3) is 0.600. The number of rotatable bonds is 7. The van der Waals surface area contributed by atoms with Gasteiger partial charge in [0, 0.05) is 39.1 Å². The lowest BCUT2D eigenvalue weighted by atomic mass is 10.2. The molecule has 20 heavy (non-hydrogen) atoms. The zero-order valence-electron chi connectivity index (χ0n) is 12.0. The third kappa shape index (κ3) is 4.90. The molecular weight excluding hydrogens is 254 g/mol. The van der Waals surface area contributed by atoms with Gasteiger partial charge in [0.05, 0.1) is 12.6 Å². The highest BCUT2D eigenvalue weighted by molar-refractivity contribution is 5.77. The summed E-state index contributed by atoms with van der Waals surface area (Å²) >= 11 is 0. The highest BCUT2D eigenvalue weighted by Crippen LogP contribution is 2.10. The Morgan fingerprint density at radius 3 is 3.00 bits per heavy atom. The number of nitrogens with one attached hydrogen (secondary N) is 1. The summed E-state index contributed by atoms with van der Waals surface area (Å²) in [4.78, 5) is 17.7. The summed E-state index contributed by atoms with van der Waals surface area (Å²) in [5.41, 5.74) is 1.20. The number of likely N-dealkylation sites (N-methyl/N-ethyl adjacent to an activating group) is 1. The van der Waals surface area contributed by atoms with Crippen molar-refractivity contribution in [1.82, 2.24) is 15.2 Å². The normalized spacial score (nSPS) is 18.1. The van der Waals surface area contributed by atoms with Crippen molar-refractivity contribution in [3.8, 4) is 0 Å². The number of carbonyl (C=O) groups is 1. The quantitative estimate of drug-likeness (QED) is 0.803. The largest absolute Gasteiger partial charge is 0.377 e. The maximum absolute atomic E-state index is 11.9. The van der Waals surface area contributed by atoms with Crippen LogP contribution >= 0.6 is 0 Å². The summed E-state index contributed by atoms with van der Waals surface area (Å²) in [6.45, 7) is 2.73. The van der Waals surface area contributed by atoms with Crippen molar-refractivity contribution >= 4 is 5.91 Å². The van der Waals surface area contributed by atoms with Gasteiger partial charge in [-0.3, -0.25) is 9.78 Å². The third-order valence-corrected chi connectivity index (χ3v) is 3.58. The Labute approximate surface area is 120 Å². The van der Waals surface area contributed by atoms with Crippen molar-refractivity contribution in [2.75, 3.05) is 33.3 Å². The van der Waals surface area contributed by atoms with E-state index in [2.05, 4.69) is 10.3 Å². The van der Waals surface area contributed by atoms with Crippen LogP contribution < -0.4 is 5.32 Å². The van der Waals surface area contributed by atoms with E-state index < -0.39 is 0 Å². The summed E-state index contributed by atoms with van der Waals surface area (Å²) in [6.07, 6.45) is 6.92. The molecule has 0 aromatic carbocycles. The molecule has 1 aliphatic heterocycles. The average molecular weight is 277 g/mol. The summed E-state index contributed by atoms with van der Waals surface area (Å²) in [5.74, 6) is 0.122. The molecule has 1 aromatic rings. The number of amides is 1. The van der Waals surface area contributed by atoms with Gasteiger partial charge in [-0.25, -0.2) is 0 Å². The standard InChI is InChI=1S/C15H23N3O2/c1-18(9-6-13-4-7-16-8-5-13)15(19)12-17-11-14-3-2-10-20-14/h4-5,7-8,14,17H,2-3,6,9-12H2,1H3. The SMILES string of the molecule is CN(CCc1ccncc1)C(=O)CNCC1CCCO1. The Kier molecular flexibility index (Phi) is 5.95. The number of hydrogen-bond donors (Lipinski definition) is 1. The first kappa shape index (κ1) is 14.9. The van der Waals surface area contributed by atoms with Crippen molar-refractivity contribution in [3.05, 3.63) is 30.1 Å². The first-order chi connectivity index (χ1) is 9.75. The number of ether oxygens (including phenoxy) is 1. The van der Waals surface area contributed by atoms with Crippen LogP contribution in [-0.4, -0.2) is 55.2 Å². The first-order valence-corrected chi connectivity index (χ1v) is 7.21. The molecule has 0 spiro atoms.